The van der Waals surface area contributed by atoms with Crippen molar-refractivity contribution in [2.75, 3.05) is 26.8 Å². The number of carbonyl (C=O) groups excluding carboxylic acids is 2. The quantitative estimate of drug-likeness (QED) is 0.698. The Labute approximate surface area is 172 Å². The van der Waals surface area contributed by atoms with Gasteiger partial charge in [0, 0.05) is 25.3 Å². The molecule has 1 aromatic carbocycles. The van der Waals surface area contributed by atoms with Gasteiger partial charge in [0.2, 0.25) is 0 Å². The van der Waals surface area contributed by atoms with Crippen molar-refractivity contribution in [3.05, 3.63) is 52.8 Å². The maximum atomic E-state index is 13.3. The van der Waals surface area contributed by atoms with Gasteiger partial charge in [-0.25, -0.2) is 0 Å². The topological polar surface area (TPSA) is 60.8 Å². The lowest BCUT2D eigenvalue weighted by molar-refractivity contribution is -0.149. The van der Waals surface area contributed by atoms with Gasteiger partial charge in [0.15, 0.2) is 0 Å². The molecule has 0 unspecified atom stereocenters. The molecule has 0 radical (unpaired) electrons. The molecule has 1 aromatic heterocycles. The first-order valence-electron chi connectivity index (χ1n) is 10.2. The summed E-state index contributed by atoms with van der Waals surface area (Å²) in [6.45, 7) is 7.98. The van der Waals surface area contributed by atoms with E-state index in [0.717, 1.165) is 28.3 Å². The maximum Gasteiger partial charge on any atom is 0.309 e. The van der Waals surface area contributed by atoms with E-state index in [1.54, 1.807) is 7.11 Å². The molecule has 1 aliphatic heterocycles. The minimum atomic E-state index is -0.145. The van der Waals surface area contributed by atoms with Gasteiger partial charge in [0.1, 0.15) is 11.4 Å². The first-order valence-corrected chi connectivity index (χ1v) is 10.2. The molecule has 2 aromatic rings. The Balaban J connectivity index is 1.77. The van der Waals surface area contributed by atoms with Crippen LogP contribution in [0.25, 0.3) is 0 Å². The number of amides is 1. The molecule has 3 rings (SSSR count). The maximum absolute atomic E-state index is 13.3. The average Bonchev–Trinajstić information content (AvgIpc) is 3.00. The lowest BCUT2D eigenvalue weighted by atomic mass is 9.96. The van der Waals surface area contributed by atoms with Crippen LogP contribution in [0.2, 0.25) is 0 Å². The third kappa shape index (κ3) is 4.63. The van der Waals surface area contributed by atoms with E-state index in [0.29, 0.717) is 39.1 Å². The van der Waals surface area contributed by atoms with Crippen LogP contribution in [0.4, 0.5) is 0 Å². The second-order valence-electron chi connectivity index (χ2n) is 7.57. The highest BCUT2D eigenvalue weighted by Crippen LogP contribution is 2.24. The van der Waals surface area contributed by atoms with Gasteiger partial charge < -0.3 is 18.9 Å². The molecule has 1 saturated heterocycles. The van der Waals surface area contributed by atoms with Crippen molar-refractivity contribution in [2.45, 2.75) is 40.2 Å². The number of nitrogens with zero attached hydrogens (tertiary/aromatic N) is 2. The molecule has 1 fully saturated rings. The number of rotatable bonds is 6. The summed E-state index contributed by atoms with van der Waals surface area (Å²) in [7, 11) is 1.65. The van der Waals surface area contributed by atoms with Gasteiger partial charge in [-0.2, -0.15) is 0 Å². The summed E-state index contributed by atoms with van der Waals surface area (Å²) < 4.78 is 12.5. The van der Waals surface area contributed by atoms with E-state index in [-0.39, 0.29) is 17.8 Å². The molecule has 6 nitrogen and oxygen atoms in total. The van der Waals surface area contributed by atoms with Crippen molar-refractivity contribution >= 4 is 11.9 Å². The fourth-order valence-electron chi connectivity index (χ4n) is 4.02. The number of aromatic nitrogens is 1. The highest BCUT2D eigenvalue weighted by atomic mass is 16.5. The number of carbonyl (C=O) groups is 2. The largest absolute Gasteiger partial charge is 0.497 e. The highest BCUT2D eigenvalue weighted by molar-refractivity contribution is 5.94. The van der Waals surface area contributed by atoms with Crippen molar-refractivity contribution in [1.29, 1.82) is 0 Å². The SMILES string of the molecule is CCOC(=O)C1CCN(C(=O)c2c(C)cc(C)n2Cc2cccc(OC)c2)CC1. The van der Waals surface area contributed by atoms with Crippen molar-refractivity contribution in [2.24, 2.45) is 5.92 Å². The molecular formula is C23H30N2O4. The number of hydrogen-bond acceptors (Lipinski definition) is 4. The smallest absolute Gasteiger partial charge is 0.309 e. The van der Waals surface area contributed by atoms with E-state index in [1.165, 1.54) is 0 Å². The van der Waals surface area contributed by atoms with E-state index in [1.807, 2.05) is 49.9 Å². The van der Waals surface area contributed by atoms with Gasteiger partial charge in [-0.15, -0.1) is 0 Å². The zero-order valence-electron chi connectivity index (χ0n) is 17.7. The second-order valence-corrected chi connectivity index (χ2v) is 7.57. The Kier molecular flexibility index (Phi) is 6.62. The van der Waals surface area contributed by atoms with Gasteiger partial charge in [-0.1, -0.05) is 12.1 Å². The summed E-state index contributed by atoms with van der Waals surface area (Å²) in [5, 5.41) is 0. The van der Waals surface area contributed by atoms with Crippen molar-refractivity contribution in [1.82, 2.24) is 9.47 Å². The summed E-state index contributed by atoms with van der Waals surface area (Å²) in [5.74, 6) is 0.581. The van der Waals surface area contributed by atoms with E-state index < -0.39 is 0 Å². The van der Waals surface area contributed by atoms with Gasteiger partial charge in [-0.3, -0.25) is 9.59 Å². The summed E-state index contributed by atoms with van der Waals surface area (Å²) in [6.07, 6.45) is 1.30. The van der Waals surface area contributed by atoms with Crippen LogP contribution in [0, 0.1) is 19.8 Å². The summed E-state index contributed by atoms with van der Waals surface area (Å²) in [6, 6.07) is 9.96. The van der Waals surface area contributed by atoms with E-state index in [2.05, 4.69) is 10.6 Å². The van der Waals surface area contributed by atoms with Crippen LogP contribution in [0.15, 0.2) is 30.3 Å². The molecule has 0 spiro atoms. The van der Waals surface area contributed by atoms with Gasteiger partial charge in [0.25, 0.3) is 5.91 Å². The standard InChI is InChI=1S/C23H30N2O4/c1-5-29-23(27)19-9-11-24(12-10-19)22(26)21-16(2)13-17(3)25(21)15-18-7-6-8-20(14-18)28-4/h6-8,13-14,19H,5,9-12,15H2,1-4H3. The molecule has 29 heavy (non-hydrogen) atoms. The predicted molar refractivity (Wildman–Crippen MR) is 111 cm³/mol. The number of methoxy groups -OCH3 is 1. The minimum absolute atomic E-state index is 0.0285. The summed E-state index contributed by atoms with van der Waals surface area (Å²) in [4.78, 5) is 27.2. The summed E-state index contributed by atoms with van der Waals surface area (Å²) >= 11 is 0. The van der Waals surface area contributed by atoms with Crippen LogP contribution in [-0.2, 0) is 16.1 Å². The molecule has 0 N–H and O–H groups in total. The minimum Gasteiger partial charge on any atom is -0.497 e. The Hall–Kier alpha value is -2.76. The predicted octanol–water partition coefficient (Wildman–Crippen LogP) is 3.58. The number of likely N-dealkylation sites (tertiary alicyclic amines) is 1. The van der Waals surface area contributed by atoms with Gasteiger partial charge >= 0.3 is 5.97 Å². The van der Waals surface area contributed by atoms with Gasteiger partial charge in [0.05, 0.1) is 19.6 Å². The van der Waals surface area contributed by atoms with Crippen LogP contribution in [0.5, 0.6) is 5.75 Å². The van der Waals surface area contributed by atoms with E-state index in [4.69, 9.17) is 9.47 Å². The summed E-state index contributed by atoms with van der Waals surface area (Å²) in [5.41, 5.74) is 3.83. The normalized spacial score (nSPS) is 14.7. The third-order valence-corrected chi connectivity index (χ3v) is 5.57. The van der Waals surface area contributed by atoms with Crippen LogP contribution >= 0.6 is 0 Å². The number of benzene rings is 1. The van der Waals surface area contributed by atoms with Crippen LogP contribution in [-0.4, -0.2) is 48.1 Å². The first-order chi connectivity index (χ1) is 13.9. The van der Waals surface area contributed by atoms with Crippen molar-refractivity contribution < 1.29 is 19.1 Å². The van der Waals surface area contributed by atoms with Crippen LogP contribution < -0.4 is 4.74 Å². The highest BCUT2D eigenvalue weighted by Gasteiger charge is 2.30. The molecule has 1 aliphatic rings. The van der Waals surface area contributed by atoms with Crippen LogP contribution in [0.3, 0.4) is 0 Å². The van der Waals surface area contributed by atoms with Crippen molar-refractivity contribution in [3.8, 4) is 5.75 Å². The molecule has 0 bridgehead atoms. The molecule has 0 aliphatic carbocycles. The van der Waals surface area contributed by atoms with Gasteiger partial charge in [-0.05, 0) is 62.9 Å². The molecule has 156 valence electrons. The molecule has 0 atom stereocenters. The Morgan fingerprint density at radius 2 is 1.86 bits per heavy atom. The zero-order valence-corrected chi connectivity index (χ0v) is 17.7. The number of piperidine rings is 1. The Morgan fingerprint density at radius 1 is 1.14 bits per heavy atom. The number of aryl methyl sites for hydroxylation is 2. The number of hydrogen-bond donors (Lipinski definition) is 0. The molecule has 2 heterocycles. The molecule has 1 amide bonds. The van der Waals surface area contributed by atoms with Crippen LogP contribution in [0.1, 0.15) is 47.1 Å². The van der Waals surface area contributed by atoms with E-state index in [9.17, 15) is 9.59 Å². The fraction of sp³-hybridized carbons (Fsp3) is 0.478. The number of ether oxygens (including phenoxy) is 2. The average molecular weight is 399 g/mol. The van der Waals surface area contributed by atoms with Crippen molar-refractivity contribution in [3.63, 3.8) is 0 Å². The lowest BCUT2D eigenvalue weighted by Gasteiger charge is -2.31. The number of esters is 1. The first kappa shape index (κ1) is 21.0. The Morgan fingerprint density at radius 3 is 2.52 bits per heavy atom. The van der Waals surface area contributed by atoms with E-state index >= 15 is 0 Å². The molecule has 0 saturated carbocycles. The zero-order chi connectivity index (χ0) is 21.0. The monoisotopic (exact) mass is 398 g/mol. The molecule has 6 heteroatoms. The Bertz CT molecular complexity index is 879. The fourth-order valence-corrected chi connectivity index (χ4v) is 4.02. The lowest BCUT2D eigenvalue weighted by Crippen LogP contribution is -2.41. The third-order valence-electron chi connectivity index (χ3n) is 5.57. The molecular weight excluding hydrogens is 368 g/mol. The second kappa shape index (κ2) is 9.16.